The standard InChI is InChI=1S/C20H33N3O4/c1-12(2)18(21-13(3)4)20(26)22-14(5)19(25)23-17-9-7-16(8-10-17)11-27-15(6)24/h7-10,12-15,18,21,24H,11H2,1-6H3,(H,22,26)(H,23,25)/t14-,15?,18-/m0/s1. The molecule has 7 nitrogen and oxygen atoms in total. The Labute approximate surface area is 161 Å². The van der Waals surface area contributed by atoms with Crippen LogP contribution in [0.1, 0.15) is 47.1 Å². The van der Waals surface area contributed by atoms with Crippen molar-refractivity contribution in [1.29, 1.82) is 0 Å². The highest BCUT2D eigenvalue weighted by atomic mass is 16.6. The summed E-state index contributed by atoms with van der Waals surface area (Å²) in [6, 6.07) is 6.28. The van der Waals surface area contributed by atoms with E-state index >= 15 is 0 Å². The van der Waals surface area contributed by atoms with Crippen LogP contribution in [0.4, 0.5) is 5.69 Å². The van der Waals surface area contributed by atoms with Gasteiger partial charge in [0.05, 0.1) is 12.6 Å². The minimum Gasteiger partial charge on any atom is -0.368 e. The molecule has 27 heavy (non-hydrogen) atoms. The maximum absolute atomic E-state index is 12.5. The van der Waals surface area contributed by atoms with Crippen LogP contribution >= 0.6 is 0 Å². The Balaban J connectivity index is 2.59. The molecule has 3 atom stereocenters. The summed E-state index contributed by atoms with van der Waals surface area (Å²) in [5.74, 6) is -0.366. The Hall–Kier alpha value is -1.96. The smallest absolute Gasteiger partial charge is 0.246 e. The van der Waals surface area contributed by atoms with Crippen molar-refractivity contribution in [3.8, 4) is 0 Å². The van der Waals surface area contributed by atoms with Gasteiger partial charge in [-0.05, 0) is 37.5 Å². The van der Waals surface area contributed by atoms with Gasteiger partial charge in [-0.2, -0.15) is 0 Å². The molecule has 1 aromatic carbocycles. The molecule has 0 fully saturated rings. The molecule has 7 heteroatoms. The topological polar surface area (TPSA) is 99.7 Å². The molecule has 0 aromatic heterocycles. The predicted octanol–water partition coefficient (Wildman–Crippen LogP) is 2.01. The van der Waals surface area contributed by atoms with E-state index in [1.165, 1.54) is 0 Å². The second-order valence-electron chi connectivity index (χ2n) is 7.37. The van der Waals surface area contributed by atoms with E-state index in [4.69, 9.17) is 9.84 Å². The fraction of sp³-hybridized carbons (Fsp3) is 0.600. The molecule has 0 heterocycles. The van der Waals surface area contributed by atoms with E-state index in [0.29, 0.717) is 5.69 Å². The molecule has 0 saturated heterocycles. The van der Waals surface area contributed by atoms with Gasteiger partial charge >= 0.3 is 0 Å². The Morgan fingerprint density at radius 2 is 1.59 bits per heavy atom. The number of hydrogen-bond donors (Lipinski definition) is 4. The Kier molecular flexibility index (Phi) is 9.41. The number of anilines is 1. The third-order valence-corrected chi connectivity index (χ3v) is 3.93. The summed E-state index contributed by atoms with van der Waals surface area (Å²) in [7, 11) is 0. The predicted molar refractivity (Wildman–Crippen MR) is 106 cm³/mol. The van der Waals surface area contributed by atoms with E-state index in [0.717, 1.165) is 5.56 Å². The van der Waals surface area contributed by atoms with Crippen LogP contribution in [0.2, 0.25) is 0 Å². The number of aliphatic hydroxyl groups is 1. The molecule has 1 rings (SSSR count). The lowest BCUT2D eigenvalue weighted by atomic mass is 10.0. The zero-order valence-electron chi connectivity index (χ0n) is 17.1. The van der Waals surface area contributed by atoms with Crippen LogP contribution in [0.15, 0.2) is 24.3 Å². The molecule has 0 bridgehead atoms. The first-order chi connectivity index (χ1) is 12.6. The second kappa shape index (κ2) is 11.0. The summed E-state index contributed by atoms with van der Waals surface area (Å²) in [5.41, 5.74) is 1.51. The average molecular weight is 380 g/mol. The zero-order chi connectivity index (χ0) is 20.6. The van der Waals surface area contributed by atoms with Crippen molar-refractivity contribution in [2.75, 3.05) is 5.32 Å². The van der Waals surface area contributed by atoms with Crippen LogP contribution in [-0.4, -0.2) is 41.3 Å². The molecule has 0 aliphatic rings. The van der Waals surface area contributed by atoms with Crippen LogP contribution in [0.3, 0.4) is 0 Å². The Bertz CT molecular complexity index is 600. The number of amides is 2. The van der Waals surface area contributed by atoms with Crippen molar-refractivity contribution in [3.63, 3.8) is 0 Å². The van der Waals surface area contributed by atoms with Gasteiger partial charge in [0.1, 0.15) is 6.04 Å². The van der Waals surface area contributed by atoms with Gasteiger partial charge in [0.2, 0.25) is 11.8 Å². The molecule has 0 aliphatic heterocycles. The third-order valence-electron chi connectivity index (χ3n) is 3.93. The minimum atomic E-state index is -0.825. The normalized spacial score (nSPS) is 14.7. The Morgan fingerprint density at radius 3 is 2.07 bits per heavy atom. The molecule has 152 valence electrons. The van der Waals surface area contributed by atoms with Gasteiger partial charge in [-0.15, -0.1) is 0 Å². The Morgan fingerprint density at radius 1 is 1.00 bits per heavy atom. The first kappa shape index (κ1) is 23.1. The number of hydrogen-bond acceptors (Lipinski definition) is 5. The molecule has 1 unspecified atom stereocenters. The molecule has 4 N–H and O–H groups in total. The van der Waals surface area contributed by atoms with Crippen LogP contribution < -0.4 is 16.0 Å². The quantitative estimate of drug-likeness (QED) is 0.466. The second-order valence-corrected chi connectivity index (χ2v) is 7.37. The zero-order valence-corrected chi connectivity index (χ0v) is 17.1. The van der Waals surface area contributed by atoms with Crippen LogP contribution in [0.25, 0.3) is 0 Å². The van der Waals surface area contributed by atoms with Gasteiger partial charge in [0.15, 0.2) is 6.29 Å². The first-order valence-electron chi connectivity index (χ1n) is 9.36. The van der Waals surface area contributed by atoms with E-state index in [2.05, 4.69) is 16.0 Å². The lowest BCUT2D eigenvalue weighted by Gasteiger charge is -2.25. The van der Waals surface area contributed by atoms with Crippen LogP contribution in [0.5, 0.6) is 0 Å². The van der Waals surface area contributed by atoms with Crippen molar-refractivity contribution < 1.29 is 19.4 Å². The van der Waals surface area contributed by atoms with Crippen molar-refractivity contribution in [1.82, 2.24) is 10.6 Å². The van der Waals surface area contributed by atoms with E-state index < -0.39 is 12.3 Å². The van der Waals surface area contributed by atoms with E-state index in [1.54, 1.807) is 26.0 Å². The summed E-state index contributed by atoms with van der Waals surface area (Å²) < 4.78 is 5.11. The van der Waals surface area contributed by atoms with Gasteiger partial charge < -0.3 is 25.8 Å². The highest BCUT2D eigenvalue weighted by Gasteiger charge is 2.25. The summed E-state index contributed by atoms with van der Waals surface area (Å²) in [4.78, 5) is 24.8. The van der Waals surface area contributed by atoms with Gasteiger partial charge in [-0.3, -0.25) is 9.59 Å². The van der Waals surface area contributed by atoms with E-state index in [9.17, 15) is 9.59 Å². The fourth-order valence-electron chi connectivity index (χ4n) is 2.45. The van der Waals surface area contributed by atoms with E-state index in [-0.39, 0.29) is 36.4 Å². The summed E-state index contributed by atoms with van der Waals surface area (Å²) in [5, 5.41) is 17.9. The fourth-order valence-corrected chi connectivity index (χ4v) is 2.45. The van der Waals surface area contributed by atoms with Gasteiger partial charge in [0, 0.05) is 11.7 Å². The maximum Gasteiger partial charge on any atom is 0.246 e. The molecule has 0 aliphatic carbocycles. The summed E-state index contributed by atoms with van der Waals surface area (Å²) >= 11 is 0. The molecule has 2 amide bonds. The van der Waals surface area contributed by atoms with Crippen molar-refractivity contribution in [2.45, 2.75) is 72.6 Å². The molecule has 1 aromatic rings. The molecular formula is C20H33N3O4. The summed E-state index contributed by atoms with van der Waals surface area (Å²) in [6.45, 7) is 11.4. The number of ether oxygens (including phenoxy) is 1. The molecular weight excluding hydrogens is 346 g/mol. The number of benzene rings is 1. The van der Waals surface area contributed by atoms with Gasteiger partial charge in [0.25, 0.3) is 0 Å². The first-order valence-corrected chi connectivity index (χ1v) is 9.36. The highest BCUT2D eigenvalue weighted by Crippen LogP contribution is 2.11. The number of nitrogens with one attached hydrogen (secondary N) is 3. The monoisotopic (exact) mass is 379 g/mol. The van der Waals surface area contributed by atoms with Crippen molar-refractivity contribution in [2.24, 2.45) is 5.92 Å². The maximum atomic E-state index is 12.5. The van der Waals surface area contributed by atoms with Gasteiger partial charge in [-0.1, -0.05) is 39.8 Å². The summed E-state index contributed by atoms with van der Waals surface area (Å²) in [6.07, 6.45) is -0.825. The van der Waals surface area contributed by atoms with E-state index in [1.807, 2.05) is 39.8 Å². The molecule has 0 radical (unpaired) electrons. The van der Waals surface area contributed by atoms with Gasteiger partial charge in [-0.25, -0.2) is 0 Å². The number of rotatable bonds is 10. The van der Waals surface area contributed by atoms with Crippen LogP contribution in [0, 0.1) is 5.92 Å². The average Bonchev–Trinajstić information content (AvgIpc) is 2.58. The van der Waals surface area contributed by atoms with Crippen molar-refractivity contribution in [3.05, 3.63) is 29.8 Å². The molecule has 0 spiro atoms. The largest absolute Gasteiger partial charge is 0.368 e. The van der Waals surface area contributed by atoms with Crippen molar-refractivity contribution >= 4 is 17.5 Å². The third kappa shape index (κ3) is 8.51. The number of aliphatic hydroxyl groups excluding tert-OH is 1. The number of carbonyl (C=O) groups is 2. The minimum absolute atomic E-state index is 0.110. The lowest BCUT2D eigenvalue weighted by Crippen LogP contribution is -2.53. The van der Waals surface area contributed by atoms with Crippen LogP contribution in [-0.2, 0) is 20.9 Å². The lowest BCUT2D eigenvalue weighted by molar-refractivity contribution is -0.128. The highest BCUT2D eigenvalue weighted by molar-refractivity contribution is 5.97. The SMILES string of the molecule is CC(C)N[C@H](C(=O)N[C@@H](C)C(=O)Nc1ccc(COC(C)O)cc1)C(C)C. The number of carbonyl (C=O) groups excluding carboxylic acids is 2. The molecule has 0 saturated carbocycles.